The SMILES string of the molecule is C.CC.CCCN.CNC.O.S. The molecule has 0 atom stereocenters. The van der Waals surface area contributed by atoms with Crippen molar-refractivity contribution in [2.45, 2.75) is 34.6 Å². The number of nitrogens with two attached hydrogens (primary N) is 1. The van der Waals surface area contributed by atoms with Gasteiger partial charge in [0.15, 0.2) is 0 Å². The second-order valence-corrected chi connectivity index (χ2v) is 1.29. The van der Waals surface area contributed by atoms with Gasteiger partial charge in [0, 0.05) is 0 Å². The topological polar surface area (TPSA) is 69.5 Å². The van der Waals surface area contributed by atoms with E-state index in [0.29, 0.717) is 0 Å². The van der Waals surface area contributed by atoms with E-state index in [1.807, 2.05) is 27.9 Å². The molecule has 3 nitrogen and oxygen atoms in total. The maximum Gasteiger partial charge on any atom is -0.00799 e. The average Bonchev–Trinajstić information content (AvgIpc) is 1.94. The molecular formula is C8H30N2OS. The molecule has 0 amide bonds. The van der Waals surface area contributed by atoms with Gasteiger partial charge in [-0.25, -0.2) is 0 Å². The van der Waals surface area contributed by atoms with Crippen LogP contribution in [0.3, 0.4) is 0 Å². The summed E-state index contributed by atoms with van der Waals surface area (Å²) < 4.78 is 0. The minimum atomic E-state index is 0. The highest BCUT2D eigenvalue weighted by atomic mass is 32.1. The molecule has 0 saturated heterocycles. The number of nitrogens with one attached hydrogen (secondary N) is 1. The maximum atomic E-state index is 5.03. The smallest absolute Gasteiger partial charge is 0.00799 e. The molecule has 4 heteroatoms. The van der Waals surface area contributed by atoms with Crippen LogP contribution in [0.1, 0.15) is 34.6 Å². The van der Waals surface area contributed by atoms with Crippen LogP contribution in [-0.4, -0.2) is 26.1 Å². The fourth-order valence-corrected chi connectivity index (χ4v) is 0. The Balaban J connectivity index is -0.0000000105. The van der Waals surface area contributed by atoms with E-state index >= 15 is 0 Å². The van der Waals surface area contributed by atoms with Gasteiger partial charge in [0.2, 0.25) is 0 Å². The van der Waals surface area contributed by atoms with Crippen molar-refractivity contribution in [1.82, 2.24) is 5.32 Å². The first kappa shape index (κ1) is 39.7. The lowest BCUT2D eigenvalue weighted by Crippen LogP contribution is -1.93. The van der Waals surface area contributed by atoms with E-state index in [2.05, 4.69) is 12.2 Å². The molecule has 0 radical (unpaired) electrons. The molecule has 0 fully saturated rings. The third kappa shape index (κ3) is 576. The zero-order valence-corrected chi connectivity index (χ0v) is 9.49. The van der Waals surface area contributed by atoms with E-state index in [1.165, 1.54) is 0 Å². The van der Waals surface area contributed by atoms with Crippen LogP contribution in [0.15, 0.2) is 0 Å². The highest BCUT2D eigenvalue weighted by Crippen LogP contribution is 1.57. The predicted octanol–water partition coefficient (Wildman–Crippen LogP) is 1.14. The number of hydrogen-bond donors (Lipinski definition) is 2. The van der Waals surface area contributed by atoms with Crippen molar-refractivity contribution in [2.75, 3.05) is 20.6 Å². The van der Waals surface area contributed by atoms with Crippen LogP contribution in [0.5, 0.6) is 0 Å². The molecule has 0 aliphatic carbocycles. The van der Waals surface area contributed by atoms with Gasteiger partial charge < -0.3 is 16.5 Å². The molecule has 0 aliphatic heterocycles. The third-order valence-electron chi connectivity index (χ3n) is 0.289. The Bertz CT molecular complexity index is 24.5. The highest BCUT2D eigenvalue weighted by Gasteiger charge is 1.55. The summed E-state index contributed by atoms with van der Waals surface area (Å²) in [7, 11) is 3.75. The summed E-state index contributed by atoms with van der Waals surface area (Å²) in [4.78, 5) is 0. The zero-order chi connectivity index (χ0) is 8.12. The summed E-state index contributed by atoms with van der Waals surface area (Å²) >= 11 is 0. The second-order valence-electron chi connectivity index (χ2n) is 1.29. The van der Waals surface area contributed by atoms with E-state index in [9.17, 15) is 0 Å². The monoisotopic (exact) mass is 202 g/mol. The lowest BCUT2D eigenvalue weighted by molar-refractivity contribution is 0.824. The first-order chi connectivity index (χ1) is 4.33. The van der Waals surface area contributed by atoms with Crippen molar-refractivity contribution < 1.29 is 5.48 Å². The molecule has 0 aromatic carbocycles. The molecule has 5 N–H and O–H groups in total. The predicted molar refractivity (Wildman–Crippen MR) is 66.4 cm³/mol. The first-order valence-electron chi connectivity index (χ1n) is 3.62. The van der Waals surface area contributed by atoms with Gasteiger partial charge in [0.1, 0.15) is 0 Å². The number of hydrogen-bond acceptors (Lipinski definition) is 2. The minimum absolute atomic E-state index is 0. The van der Waals surface area contributed by atoms with Crippen LogP contribution < -0.4 is 11.1 Å². The molecule has 0 unspecified atom stereocenters. The molecule has 0 spiro atoms. The van der Waals surface area contributed by atoms with Crippen molar-refractivity contribution in [3.63, 3.8) is 0 Å². The number of rotatable bonds is 1. The molecule has 0 bridgehead atoms. The van der Waals surface area contributed by atoms with Crippen LogP contribution in [0.4, 0.5) is 0 Å². The lowest BCUT2D eigenvalue weighted by Gasteiger charge is -1.70. The average molecular weight is 202 g/mol. The summed E-state index contributed by atoms with van der Waals surface area (Å²) in [6.07, 6.45) is 1.10. The summed E-state index contributed by atoms with van der Waals surface area (Å²) in [5.74, 6) is 0. The Kier molecular flexibility index (Phi) is 373. The van der Waals surface area contributed by atoms with Crippen molar-refractivity contribution in [3.05, 3.63) is 0 Å². The van der Waals surface area contributed by atoms with Gasteiger partial charge in [-0.05, 0) is 27.1 Å². The van der Waals surface area contributed by atoms with E-state index in [0.717, 1.165) is 13.0 Å². The molecule has 0 aliphatic rings. The van der Waals surface area contributed by atoms with Crippen LogP contribution in [0.2, 0.25) is 0 Å². The molecule has 0 saturated carbocycles. The molecular weight excluding hydrogens is 172 g/mol. The van der Waals surface area contributed by atoms with E-state index < -0.39 is 0 Å². The molecule has 0 aromatic heterocycles. The standard InChI is InChI=1S/C3H9N.C2H7N.C2H6.CH4.H2O.H2S/c1-2-3-4;1-3-2;1-2;;;/h2-4H2,1H3;3H,1-2H3;1-2H3;1H4;2*1H2. The van der Waals surface area contributed by atoms with Gasteiger partial charge in [0.05, 0.1) is 0 Å². The van der Waals surface area contributed by atoms with Crippen molar-refractivity contribution in [1.29, 1.82) is 0 Å². The van der Waals surface area contributed by atoms with Crippen LogP contribution in [0.25, 0.3) is 0 Å². The molecule has 12 heavy (non-hydrogen) atoms. The second kappa shape index (κ2) is 113. The fraction of sp³-hybridized carbons (Fsp3) is 1.00. The van der Waals surface area contributed by atoms with Crippen LogP contribution in [-0.2, 0) is 0 Å². The molecule has 0 heterocycles. The Hall–Kier alpha value is 0.230. The maximum absolute atomic E-state index is 5.03. The summed E-state index contributed by atoms with van der Waals surface area (Å²) in [6.45, 7) is 6.88. The summed E-state index contributed by atoms with van der Waals surface area (Å²) in [5, 5.41) is 2.75. The molecule has 0 aromatic rings. The zero-order valence-electron chi connectivity index (χ0n) is 8.49. The normalized spacial score (nSPS) is 4.50. The van der Waals surface area contributed by atoms with Gasteiger partial charge in [0.25, 0.3) is 0 Å². The highest BCUT2D eigenvalue weighted by molar-refractivity contribution is 7.59. The fourth-order valence-electron chi connectivity index (χ4n) is 0. The van der Waals surface area contributed by atoms with E-state index in [4.69, 9.17) is 5.73 Å². The summed E-state index contributed by atoms with van der Waals surface area (Å²) in [6, 6.07) is 0. The molecule has 84 valence electrons. The molecule has 0 rings (SSSR count). The largest absolute Gasteiger partial charge is 0.412 e. The Labute approximate surface area is 85.9 Å². The van der Waals surface area contributed by atoms with Crippen LogP contribution in [0, 0.1) is 0 Å². The Morgan fingerprint density at radius 1 is 1.17 bits per heavy atom. The van der Waals surface area contributed by atoms with Gasteiger partial charge in [-0.1, -0.05) is 28.2 Å². The van der Waals surface area contributed by atoms with Crippen LogP contribution >= 0.6 is 13.5 Å². The third-order valence-corrected chi connectivity index (χ3v) is 0.289. The van der Waals surface area contributed by atoms with Crippen molar-refractivity contribution in [3.8, 4) is 0 Å². The lowest BCUT2D eigenvalue weighted by atomic mass is 10.5. The minimum Gasteiger partial charge on any atom is -0.412 e. The Morgan fingerprint density at radius 2 is 1.25 bits per heavy atom. The van der Waals surface area contributed by atoms with E-state index in [1.54, 1.807) is 0 Å². The quantitative estimate of drug-likeness (QED) is 0.669. The van der Waals surface area contributed by atoms with Gasteiger partial charge >= 0.3 is 0 Å². The summed E-state index contributed by atoms with van der Waals surface area (Å²) in [5.41, 5.74) is 5.03. The first-order valence-corrected chi connectivity index (χ1v) is 3.62. The van der Waals surface area contributed by atoms with Crippen molar-refractivity contribution in [2.24, 2.45) is 5.73 Å². The Morgan fingerprint density at radius 3 is 1.25 bits per heavy atom. The van der Waals surface area contributed by atoms with Gasteiger partial charge in [-0.15, -0.1) is 0 Å². The van der Waals surface area contributed by atoms with Gasteiger partial charge in [-0.2, -0.15) is 13.5 Å². The van der Waals surface area contributed by atoms with Gasteiger partial charge in [-0.3, -0.25) is 0 Å². The van der Waals surface area contributed by atoms with Crippen molar-refractivity contribution >= 4 is 13.5 Å². The van der Waals surface area contributed by atoms with E-state index in [-0.39, 0.29) is 26.4 Å².